The molecule has 0 bridgehead atoms. The Kier molecular flexibility index (Phi) is 5.28. The average Bonchev–Trinajstić information content (AvgIpc) is 3.35. The molecule has 1 saturated heterocycles. The van der Waals surface area contributed by atoms with Crippen LogP contribution in [-0.2, 0) is 6.54 Å². The van der Waals surface area contributed by atoms with Gasteiger partial charge in [0, 0.05) is 38.3 Å². The number of hydrogen-bond acceptors (Lipinski definition) is 3. The van der Waals surface area contributed by atoms with Crippen molar-refractivity contribution >= 4 is 0 Å². The van der Waals surface area contributed by atoms with Crippen LogP contribution in [0.4, 0.5) is 0 Å². The monoisotopic (exact) mass is 287 g/mol. The van der Waals surface area contributed by atoms with E-state index in [4.69, 9.17) is 5.73 Å². The summed E-state index contributed by atoms with van der Waals surface area (Å²) in [7, 11) is 0. The van der Waals surface area contributed by atoms with Crippen LogP contribution in [0.15, 0.2) is 30.3 Å². The highest BCUT2D eigenvalue weighted by Gasteiger charge is 2.32. The maximum Gasteiger partial charge on any atom is 0.0237 e. The van der Waals surface area contributed by atoms with Gasteiger partial charge in [0.05, 0.1) is 0 Å². The van der Waals surface area contributed by atoms with E-state index < -0.39 is 0 Å². The van der Waals surface area contributed by atoms with E-state index >= 15 is 0 Å². The van der Waals surface area contributed by atoms with Crippen molar-refractivity contribution in [3.05, 3.63) is 35.9 Å². The third-order valence-corrected chi connectivity index (χ3v) is 4.90. The number of nitrogens with two attached hydrogens (primary N) is 1. The van der Waals surface area contributed by atoms with Crippen LogP contribution in [-0.4, -0.2) is 48.1 Å². The molecule has 2 fully saturated rings. The Bertz CT molecular complexity index is 414. The van der Waals surface area contributed by atoms with Crippen molar-refractivity contribution in [1.82, 2.24) is 9.80 Å². The number of piperidine rings is 1. The molecule has 1 saturated carbocycles. The summed E-state index contributed by atoms with van der Waals surface area (Å²) >= 11 is 0. The van der Waals surface area contributed by atoms with E-state index in [0.29, 0.717) is 6.04 Å². The fraction of sp³-hybridized carbons (Fsp3) is 0.667. The Hall–Kier alpha value is -0.900. The van der Waals surface area contributed by atoms with Crippen LogP contribution in [0.3, 0.4) is 0 Å². The number of likely N-dealkylation sites (tertiary alicyclic amines) is 1. The highest BCUT2D eigenvalue weighted by Crippen LogP contribution is 2.30. The zero-order chi connectivity index (χ0) is 14.5. The Balaban J connectivity index is 1.61. The van der Waals surface area contributed by atoms with Crippen molar-refractivity contribution in [1.29, 1.82) is 0 Å². The lowest BCUT2D eigenvalue weighted by atomic mass is 10.0. The predicted molar refractivity (Wildman–Crippen MR) is 88.1 cm³/mol. The first-order chi connectivity index (χ1) is 10.4. The maximum atomic E-state index is 5.79. The number of hydrogen-bond donors (Lipinski definition) is 1. The van der Waals surface area contributed by atoms with Crippen LogP contribution in [0.1, 0.15) is 37.7 Å². The summed E-state index contributed by atoms with van der Waals surface area (Å²) in [6, 6.07) is 12.5. The molecular formula is C18H29N3. The second-order valence-electron chi connectivity index (χ2n) is 6.62. The molecule has 0 unspecified atom stereocenters. The molecule has 21 heavy (non-hydrogen) atoms. The van der Waals surface area contributed by atoms with Crippen molar-refractivity contribution in [3.63, 3.8) is 0 Å². The fourth-order valence-electron chi connectivity index (χ4n) is 3.60. The summed E-state index contributed by atoms with van der Waals surface area (Å²) in [4.78, 5) is 5.35. The molecule has 0 amide bonds. The van der Waals surface area contributed by atoms with Gasteiger partial charge in [0.1, 0.15) is 0 Å². The predicted octanol–water partition coefficient (Wildman–Crippen LogP) is 2.46. The second-order valence-corrected chi connectivity index (χ2v) is 6.62. The normalized spacial score (nSPS) is 23.6. The van der Waals surface area contributed by atoms with Crippen molar-refractivity contribution in [2.75, 3.05) is 26.2 Å². The van der Waals surface area contributed by atoms with Gasteiger partial charge < -0.3 is 5.73 Å². The summed E-state index contributed by atoms with van der Waals surface area (Å²) in [5.74, 6) is 0. The Morgan fingerprint density at radius 1 is 1.10 bits per heavy atom. The number of benzene rings is 1. The standard InChI is InChI=1S/C18H29N3/c19-11-13-20-12-5-4-8-18(20)15-21(17-9-10-17)14-16-6-2-1-3-7-16/h1-3,6-7,17-18H,4-5,8-15,19H2/t18-/m0/s1. The first-order valence-electron chi connectivity index (χ1n) is 8.59. The van der Waals surface area contributed by atoms with Gasteiger partial charge in [-0.3, -0.25) is 9.80 Å². The summed E-state index contributed by atoms with van der Waals surface area (Å²) in [5.41, 5.74) is 7.24. The maximum absolute atomic E-state index is 5.79. The van der Waals surface area contributed by atoms with Gasteiger partial charge in [-0.15, -0.1) is 0 Å². The molecular weight excluding hydrogens is 258 g/mol. The van der Waals surface area contributed by atoms with Gasteiger partial charge in [0.15, 0.2) is 0 Å². The van der Waals surface area contributed by atoms with E-state index in [2.05, 4.69) is 40.1 Å². The van der Waals surface area contributed by atoms with Gasteiger partial charge in [-0.2, -0.15) is 0 Å². The molecule has 116 valence electrons. The highest BCUT2D eigenvalue weighted by molar-refractivity contribution is 5.15. The topological polar surface area (TPSA) is 32.5 Å². The lowest BCUT2D eigenvalue weighted by Crippen LogP contribution is -2.48. The van der Waals surface area contributed by atoms with Crippen molar-refractivity contribution in [3.8, 4) is 0 Å². The average molecular weight is 287 g/mol. The summed E-state index contributed by atoms with van der Waals surface area (Å²) in [6.07, 6.45) is 6.85. The van der Waals surface area contributed by atoms with Crippen LogP contribution in [0.5, 0.6) is 0 Å². The molecule has 1 aromatic rings. The van der Waals surface area contributed by atoms with Crippen LogP contribution < -0.4 is 5.73 Å². The van der Waals surface area contributed by atoms with Crippen LogP contribution >= 0.6 is 0 Å². The van der Waals surface area contributed by atoms with Gasteiger partial charge >= 0.3 is 0 Å². The number of nitrogens with zero attached hydrogens (tertiary/aromatic N) is 2. The van der Waals surface area contributed by atoms with Gasteiger partial charge in [-0.1, -0.05) is 36.8 Å². The molecule has 0 radical (unpaired) electrons. The van der Waals surface area contributed by atoms with Crippen LogP contribution in [0.2, 0.25) is 0 Å². The SMILES string of the molecule is NCCN1CCCC[C@H]1CN(Cc1ccccc1)C1CC1. The summed E-state index contributed by atoms with van der Waals surface area (Å²) < 4.78 is 0. The van der Waals surface area contributed by atoms with Gasteiger partial charge in [-0.25, -0.2) is 0 Å². The van der Waals surface area contributed by atoms with E-state index in [-0.39, 0.29) is 0 Å². The zero-order valence-corrected chi connectivity index (χ0v) is 13.1. The van der Waals surface area contributed by atoms with E-state index in [0.717, 1.165) is 25.7 Å². The third-order valence-electron chi connectivity index (χ3n) is 4.90. The van der Waals surface area contributed by atoms with E-state index in [1.54, 1.807) is 0 Å². The number of rotatable bonds is 7. The molecule has 0 aromatic heterocycles. The largest absolute Gasteiger partial charge is 0.329 e. The fourth-order valence-corrected chi connectivity index (χ4v) is 3.60. The Morgan fingerprint density at radius 2 is 1.90 bits per heavy atom. The van der Waals surface area contributed by atoms with Crippen molar-refractivity contribution in [2.45, 2.75) is 50.7 Å². The third kappa shape index (κ3) is 4.29. The molecule has 3 heteroatoms. The lowest BCUT2D eigenvalue weighted by Gasteiger charge is -2.38. The Morgan fingerprint density at radius 3 is 2.62 bits per heavy atom. The summed E-state index contributed by atoms with van der Waals surface area (Å²) in [6.45, 7) is 5.43. The van der Waals surface area contributed by atoms with Crippen LogP contribution in [0.25, 0.3) is 0 Å². The van der Waals surface area contributed by atoms with E-state index in [1.165, 1.54) is 50.8 Å². The lowest BCUT2D eigenvalue weighted by molar-refractivity contribution is 0.100. The van der Waals surface area contributed by atoms with Crippen molar-refractivity contribution < 1.29 is 0 Å². The molecule has 3 rings (SSSR count). The van der Waals surface area contributed by atoms with Crippen LogP contribution in [0, 0.1) is 0 Å². The molecule has 1 atom stereocenters. The quantitative estimate of drug-likeness (QED) is 0.836. The first-order valence-corrected chi connectivity index (χ1v) is 8.59. The first kappa shape index (κ1) is 15.0. The smallest absolute Gasteiger partial charge is 0.0237 e. The minimum Gasteiger partial charge on any atom is -0.329 e. The van der Waals surface area contributed by atoms with E-state index in [9.17, 15) is 0 Å². The molecule has 0 spiro atoms. The van der Waals surface area contributed by atoms with Crippen molar-refractivity contribution in [2.24, 2.45) is 5.73 Å². The molecule has 2 aliphatic rings. The molecule has 2 N–H and O–H groups in total. The zero-order valence-electron chi connectivity index (χ0n) is 13.1. The second kappa shape index (κ2) is 7.39. The minimum atomic E-state index is 0.714. The molecule has 1 aromatic carbocycles. The van der Waals surface area contributed by atoms with Gasteiger partial charge in [0.25, 0.3) is 0 Å². The summed E-state index contributed by atoms with van der Waals surface area (Å²) in [5, 5.41) is 0. The van der Waals surface area contributed by atoms with Gasteiger partial charge in [0.2, 0.25) is 0 Å². The molecule has 1 aliphatic heterocycles. The molecule has 1 aliphatic carbocycles. The highest BCUT2D eigenvalue weighted by atomic mass is 15.2. The molecule has 1 heterocycles. The van der Waals surface area contributed by atoms with Gasteiger partial charge in [-0.05, 0) is 37.8 Å². The Labute approximate surface area is 129 Å². The van der Waals surface area contributed by atoms with E-state index in [1.807, 2.05) is 0 Å². The minimum absolute atomic E-state index is 0.714. The molecule has 3 nitrogen and oxygen atoms in total.